The van der Waals surface area contributed by atoms with Crippen LogP contribution in [0.2, 0.25) is 0 Å². The second-order valence-corrected chi connectivity index (χ2v) is 5.77. The first kappa shape index (κ1) is 15.4. The third kappa shape index (κ3) is 2.56. The summed E-state index contributed by atoms with van der Waals surface area (Å²) >= 11 is 0. The third-order valence-corrected chi connectivity index (χ3v) is 4.04. The van der Waals surface area contributed by atoms with E-state index < -0.39 is 0 Å². The molecule has 3 heterocycles. The molecule has 1 unspecified atom stereocenters. The molecule has 0 saturated heterocycles. The number of amidine groups is 2. The lowest BCUT2D eigenvalue weighted by atomic mass is 10.1. The predicted octanol–water partition coefficient (Wildman–Crippen LogP) is -3.24. The molecule has 0 aromatic heterocycles. The second kappa shape index (κ2) is 5.75. The predicted molar refractivity (Wildman–Crippen MR) is 85.7 cm³/mol. The number of benzene rings is 1. The Balaban J connectivity index is 1.74. The van der Waals surface area contributed by atoms with Gasteiger partial charge in [-0.15, -0.1) is 4.99 Å². The number of carbonyl (C=O) groups is 1. The van der Waals surface area contributed by atoms with Crippen molar-refractivity contribution in [1.82, 2.24) is 0 Å². The average molecular weight is 344 g/mol. The Bertz CT molecular complexity index is 867. The minimum Gasteiger partial charge on any atom is -0.493 e. The number of nitrogens with two attached hydrogens (primary N) is 1. The van der Waals surface area contributed by atoms with Crippen molar-refractivity contribution in [3.8, 4) is 17.2 Å². The van der Waals surface area contributed by atoms with Crippen molar-refractivity contribution >= 4 is 23.7 Å². The van der Waals surface area contributed by atoms with Crippen molar-refractivity contribution in [3.05, 3.63) is 35.1 Å². The van der Waals surface area contributed by atoms with Gasteiger partial charge in [0.2, 0.25) is 11.3 Å². The lowest BCUT2D eigenvalue weighted by Crippen LogP contribution is -3.25. The molecule has 3 aliphatic heterocycles. The van der Waals surface area contributed by atoms with Crippen molar-refractivity contribution in [2.75, 3.05) is 20.3 Å². The number of hydrogen-bond donors (Lipinski definition) is 3. The number of allylic oxidation sites excluding steroid dienone is 1. The van der Waals surface area contributed by atoms with E-state index in [1.807, 2.05) is 0 Å². The van der Waals surface area contributed by atoms with Gasteiger partial charge in [-0.05, 0) is 23.8 Å². The molecule has 0 bridgehead atoms. The third-order valence-electron chi connectivity index (χ3n) is 4.04. The number of ether oxygens (including phenoxy) is 3. The number of amides is 1. The topological polar surface area (TPSA) is 98.0 Å². The van der Waals surface area contributed by atoms with Gasteiger partial charge in [-0.1, -0.05) is 0 Å². The molecule has 128 valence electrons. The first-order valence-corrected chi connectivity index (χ1v) is 7.81. The molecular formula is C17H18N3O5+3. The Kier molecular flexibility index (Phi) is 3.54. The molecule has 0 spiro atoms. The van der Waals surface area contributed by atoms with Gasteiger partial charge in [0.15, 0.2) is 17.3 Å². The maximum absolute atomic E-state index is 12.4. The molecule has 1 aromatic carbocycles. The first-order chi connectivity index (χ1) is 12.1. The SMILES string of the molecule is COc1cc(/C=C2\C(=[NH2+])[NH+]3OC(C)=CC3=[NH+]C2=O)cc2c1OCCO2. The summed E-state index contributed by atoms with van der Waals surface area (Å²) in [7, 11) is 1.55. The zero-order valence-electron chi connectivity index (χ0n) is 13.8. The monoisotopic (exact) mass is 344 g/mol. The van der Waals surface area contributed by atoms with Crippen molar-refractivity contribution in [2.45, 2.75) is 6.92 Å². The van der Waals surface area contributed by atoms with Gasteiger partial charge in [0.25, 0.3) is 0 Å². The van der Waals surface area contributed by atoms with Crippen LogP contribution < -0.4 is 29.7 Å². The number of nitrogens with one attached hydrogen (secondary N) is 2. The quantitative estimate of drug-likeness (QED) is 0.490. The molecule has 0 saturated carbocycles. The standard InChI is InChI=1S/C17H15N3O5/c1-9-5-14-19-17(21)11(16(18)20(14)25-9)6-10-7-12(22-2)15-13(8-10)23-3-4-24-15/h5-8,18H,3-4H2,1-2H3/p+3/b11-6+,18-16?. The smallest absolute Gasteiger partial charge is 0.435 e. The van der Waals surface area contributed by atoms with Gasteiger partial charge in [0.05, 0.1) is 7.11 Å². The molecule has 8 nitrogen and oxygen atoms in total. The molecule has 0 radical (unpaired) electrons. The zero-order chi connectivity index (χ0) is 17.6. The van der Waals surface area contributed by atoms with Crippen LogP contribution in [-0.2, 0) is 9.63 Å². The number of carbonyl (C=O) groups excluding carboxylic acids is 1. The summed E-state index contributed by atoms with van der Waals surface area (Å²) < 4.78 is 16.6. The minimum atomic E-state index is -0.292. The van der Waals surface area contributed by atoms with Crippen LogP contribution in [0.1, 0.15) is 12.5 Å². The van der Waals surface area contributed by atoms with Crippen LogP contribution in [0.15, 0.2) is 29.5 Å². The fraction of sp³-hybridized carbons (Fsp3) is 0.235. The fourth-order valence-electron chi connectivity index (χ4n) is 2.93. The first-order valence-electron chi connectivity index (χ1n) is 7.81. The molecule has 0 aliphatic carbocycles. The molecule has 3 aliphatic rings. The second-order valence-electron chi connectivity index (χ2n) is 5.77. The zero-order valence-corrected chi connectivity index (χ0v) is 13.8. The molecule has 4 rings (SSSR count). The van der Waals surface area contributed by atoms with E-state index in [0.29, 0.717) is 64.1 Å². The van der Waals surface area contributed by atoms with Crippen LogP contribution in [0, 0.1) is 0 Å². The molecule has 0 fully saturated rings. The Labute approximate surface area is 143 Å². The molecule has 4 N–H and O–H groups in total. The van der Waals surface area contributed by atoms with Gasteiger partial charge in [0.1, 0.15) is 19.3 Å². The maximum Gasteiger partial charge on any atom is 0.435 e. The fourth-order valence-corrected chi connectivity index (χ4v) is 2.93. The van der Waals surface area contributed by atoms with Gasteiger partial charge >= 0.3 is 17.6 Å². The van der Waals surface area contributed by atoms with Crippen LogP contribution >= 0.6 is 0 Å². The Hall–Kier alpha value is -3.13. The van der Waals surface area contributed by atoms with E-state index in [-0.39, 0.29) is 5.91 Å². The van der Waals surface area contributed by atoms with E-state index in [0.717, 1.165) is 0 Å². The Morgan fingerprint density at radius 3 is 2.92 bits per heavy atom. The molecule has 1 atom stereocenters. The molecule has 1 amide bonds. The Morgan fingerprint density at radius 1 is 1.32 bits per heavy atom. The van der Waals surface area contributed by atoms with Crippen molar-refractivity contribution in [1.29, 1.82) is 0 Å². The highest BCUT2D eigenvalue weighted by molar-refractivity contribution is 6.20. The van der Waals surface area contributed by atoms with Gasteiger partial charge in [-0.2, -0.15) is 0 Å². The van der Waals surface area contributed by atoms with Crippen LogP contribution in [0.5, 0.6) is 17.2 Å². The van der Waals surface area contributed by atoms with Gasteiger partial charge in [0, 0.05) is 12.0 Å². The van der Waals surface area contributed by atoms with Crippen molar-refractivity contribution in [3.63, 3.8) is 0 Å². The lowest BCUT2D eigenvalue weighted by Gasteiger charge is -2.21. The highest BCUT2D eigenvalue weighted by Crippen LogP contribution is 2.40. The van der Waals surface area contributed by atoms with Gasteiger partial charge in [-0.25, -0.2) is 10.2 Å². The van der Waals surface area contributed by atoms with E-state index in [9.17, 15) is 4.79 Å². The van der Waals surface area contributed by atoms with Crippen LogP contribution in [-0.4, -0.2) is 37.9 Å². The summed E-state index contributed by atoms with van der Waals surface area (Å²) in [5.74, 6) is 2.92. The number of rotatable bonds is 2. The largest absolute Gasteiger partial charge is 0.493 e. The van der Waals surface area contributed by atoms with Gasteiger partial charge < -0.3 is 19.0 Å². The van der Waals surface area contributed by atoms with Crippen LogP contribution in [0.4, 0.5) is 0 Å². The number of hydroxylamine groups is 2. The minimum absolute atomic E-state index is 0.292. The Morgan fingerprint density at radius 2 is 2.12 bits per heavy atom. The molecule has 1 aromatic rings. The van der Waals surface area contributed by atoms with E-state index in [2.05, 4.69) is 4.99 Å². The normalized spacial score (nSPS) is 23.0. The van der Waals surface area contributed by atoms with E-state index in [4.69, 9.17) is 24.5 Å². The van der Waals surface area contributed by atoms with Crippen molar-refractivity contribution < 1.29 is 39.3 Å². The molecule has 25 heavy (non-hydrogen) atoms. The van der Waals surface area contributed by atoms with Crippen LogP contribution in [0.25, 0.3) is 6.08 Å². The molecular weight excluding hydrogens is 326 g/mol. The molecule has 8 heteroatoms. The number of hydrogen-bond acceptors (Lipinski definition) is 5. The summed E-state index contributed by atoms with van der Waals surface area (Å²) in [5, 5.41) is 6.62. The van der Waals surface area contributed by atoms with E-state index in [1.54, 1.807) is 38.3 Å². The number of methoxy groups -OCH3 is 1. The van der Waals surface area contributed by atoms with Crippen molar-refractivity contribution in [2.24, 2.45) is 0 Å². The number of fused-ring (bicyclic) bond motifs is 2. The van der Waals surface area contributed by atoms with E-state index >= 15 is 0 Å². The summed E-state index contributed by atoms with van der Waals surface area (Å²) in [4.78, 5) is 20.8. The van der Waals surface area contributed by atoms with E-state index in [1.165, 1.54) is 0 Å². The average Bonchev–Trinajstić information content (AvgIpc) is 2.98. The summed E-state index contributed by atoms with van der Waals surface area (Å²) in [6, 6.07) is 3.55. The van der Waals surface area contributed by atoms with Gasteiger partial charge in [-0.3, -0.25) is 0 Å². The summed E-state index contributed by atoms with van der Waals surface area (Å²) in [6.07, 6.45) is 3.41. The summed E-state index contributed by atoms with van der Waals surface area (Å²) in [5.41, 5.74) is 1.03. The summed E-state index contributed by atoms with van der Waals surface area (Å²) in [6.45, 7) is 2.72. The maximum atomic E-state index is 12.4. The van der Waals surface area contributed by atoms with Crippen LogP contribution in [0.3, 0.4) is 0 Å². The highest BCUT2D eigenvalue weighted by Gasteiger charge is 2.50. The highest BCUT2D eigenvalue weighted by atomic mass is 16.7. The lowest BCUT2D eigenvalue weighted by molar-refractivity contribution is -0.945. The number of quaternary nitrogens is 1.